The van der Waals surface area contributed by atoms with Gasteiger partial charge in [-0.1, -0.05) is 12.1 Å². The van der Waals surface area contributed by atoms with E-state index in [1.807, 2.05) is 31.2 Å². The van der Waals surface area contributed by atoms with E-state index in [0.717, 1.165) is 30.2 Å². The van der Waals surface area contributed by atoms with Gasteiger partial charge in [0.2, 0.25) is 5.88 Å². The van der Waals surface area contributed by atoms with E-state index in [0.29, 0.717) is 11.7 Å². The van der Waals surface area contributed by atoms with Crippen molar-refractivity contribution < 1.29 is 4.74 Å². The molecule has 1 heterocycles. The second kappa shape index (κ2) is 6.23. The Kier molecular flexibility index (Phi) is 4.40. The number of nitrogens with zero attached hydrogens (tertiary/aromatic N) is 3. The third-order valence-electron chi connectivity index (χ3n) is 3.04. The quantitative estimate of drug-likeness (QED) is 0.847. The van der Waals surface area contributed by atoms with Crippen molar-refractivity contribution in [2.75, 3.05) is 24.3 Å². The lowest BCUT2D eigenvalue weighted by Gasteiger charge is -2.22. The Morgan fingerprint density at radius 2 is 2.05 bits per heavy atom. The van der Waals surface area contributed by atoms with Gasteiger partial charge in [-0.3, -0.25) is 0 Å². The average Bonchev–Trinajstić information content (AvgIpc) is 2.44. The molecule has 20 heavy (non-hydrogen) atoms. The van der Waals surface area contributed by atoms with Crippen LogP contribution in [-0.4, -0.2) is 23.6 Å². The number of hydrogen-bond acceptors (Lipinski definition) is 5. The molecule has 0 aliphatic heterocycles. The van der Waals surface area contributed by atoms with Crippen molar-refractivity contribution in [1.29, 1.82) is 0 Å². The molecule has 2 rings (SSSR count). The Balaban J connectivity index is 2.26. The van der Waals surface area contributed by atoms with Crippen LogP contribution in [0.2, 0.25) is 0 Å². The van der Waals surface area contributed by atoms with Crippen molar-refractivity contribution in [3.8, 4) is 5.88 Å². The molecule has 5 heteroatoms. The number of nitrogens with two attached hydrogens (primary N) is 1. The maximum Gasteiger partial charge on any atom is 0.218 e. The lowest BCUT2D eigenvalue weighted by molar-refractivity contribution is 0.395. The Bertz CT molecular complexity index is 586. The van der Waals surface area contributed by atoms with E-state index in [9.17, 15) is 0 Å². The molecule has 0 amide bonds. The monoisotopic (exact) mass is 272 g/mol. The van der Waals surface area contributed by atoms with Crippen LogP contribution in [0.5, 0.6) is 5.88 Å². The normalized spacial score (nSPS) is 10.3. The Morgan fingerprint density at radius 1 is 1.25 bits per heavy atom. The number of nitrogen functional groups attached to an aromatic ring is 1. The van der Waals surface area contributed by atoms with E-state index in [-0.39, 0.29) is 0 Å². The number of ether oxygens (including phenoxy) is 1. The SMILES string of the molecule is CCN(Cc1cccc(N)c1)c1cc(OC)nc(C)n1. The largest absolute Gasteiger partial charge is 0.481 e. The molecule has 0 bridgehead atoms. The molecule has 0 aliphatic rings. The topological polar surface area (TPSA) is 64.3 Å². The van der Waals surface area contributed by atoms with E-state index >= 15 is 0 Å². The van der Waals surface area contributed by atoms with Crippen molar-refractivity contribution in [3.05, 3.63) is 41.7 Å². The number of aromatic nitrogens is 2. The highest BCUT2D eigenvalue weighted by molar-refractivity contribution is 5.45. The fraction of sp³-hybridized carbons (Fsp3) is 0.333. The molecule has 0 atom stereocenters. The highest BCUT2D eigenvalue weighted by atomic mass is 16.5. The van der Waals surface area contributed by atoms with Crippen LogP contribution in [0.3, 0.4) is 0 Å². The van der Waals surface area contributed by atoms with Crippen LogP contribution in [-0.2, 0) is 6.54 Å². The Morgan fingerprint density at radius 3 is 2.70 bits per heavy atom. The zero-order valence-electron chi connectivity index (χ0n) is 12.1. The van der Waals surface area contributed by atoms with Crippen LogP contribution in [0.4, 0.5) is 11.5 Å². The maximum atomic E-state index is 5.82. The molecule has 0 unspecified atom stereocenters. The molecule has 0 spiro atoms. The van der Waals surface area contributed by atoms with Crippen LogP contribution in [0.15, 0.2) is 30.3 Å². The minimum Gasteiger partial charge on any atom is -0.481 e. The third kappa shape index (κ3) is 3.38. The van der Waals surface area contributed by atoms with Gasteiger partial charge in [-0.15, -0.1) is 0 Å². The van der Waals surface area contributed by atoms with Gasteiger partial charge < -0.3 is 15.4 Å². The Hall–Kier alpha value is -2.30. The lowest BCUT2D eigenvalue weighted by atomic mass is 10.2. The summed E-state index contributed by atoms with van der Waals surface area (Å²) < 4.78 is 5.20. The van der Waals surface area contributed by atoms with E-state index in [1.54, 1.807) is 7.11 Å². The number of methoxy groups -OCH3 is 1. The van der Waals surface area contributed by atoms with E-state index < -0.39 is 0 Å². The summed E-state index contributed by atoms with van der Waals surface area (Å²) in [6.45, 7) is 5.55. The fourth-order valence-electron chi connectivity index (χ4n) is 2.06. The summed E-state index contributed by atoms with van der Waals surface area (Å²) in [6.07, 6.45) is 0. The van der Waals surface area contributed by atoms with Crippen molar-refractivity contribution in [2.45, 2.75) is 20.4 Å². The minimum absolute atomic E-state index is 0.582. The number of anilines is 2. The summed E-state index contributed by atoms with van der Waals surface area (Å²) in [5.74, 6) is 2.14. The first-order chi connectivity index (χ1) is 9.62. The molecule has 5 nitrogen and oxygen atoms in total. The maximum absolute atomic E-state index is 5.82. The Labute approximate surface area is 119 Å². The molecular weight excluding hydrogens is 252 g/mol. The van der Waals surface area contributed by atoms with Gasteiger partial charge in [0.05, 0.1) is 7.11 Å². The van der Waals surface area contributed by atoms with Gasteiger partial charge in [0.1, 0.15) is 11.6 Å². The number of rotatable bonds is 5. The summed E-state index contributed by atoms with van der Waals surface area (Å²) in [4.78, 5) is 10.8. The zero-order valence-corrected chi connectivity index (χ0v) is 12.1. The van der Waals surface area contributed by atoms with Gasteiger partial charge in [0.25, 0.3) is 0 Å². The molecule has 0 fully saturated rings. The predicted octanol–water partition coefficient (Wildman–Crippen LogP) is 2.40. The highest BCUT2D eigenvalue weighted by Crippen LogP contribution is 2.20. The van der Waals surface area contributed by atoms with Crippen molar-refractivity contribution >= 4 is 11.5 Å². The predicted molar refractivity (Wildman–Crippen MR) is 80.9 cm³/mol. The summed E-state index contributed by atoms with van der Waals surface area (Å²) in [6, 6.07) is 9.74. The highest BCUT2D eigenvalue weighted by Gasteiger charge is 2.10. The molecule has 1 aromatic heterocycles. The second-order valence-electron chi connectivity index (χ2n) is 4.57. The standard InChI is InChI=1S/C15H20N4O/c1-4-19(10-12-6-5-7-13(16)8-12)14-9-15(20-3)18-11(2)17-14/h5-9H,4,10,16H2,1-3H3. The average molecular weight is 272 g/mol. The van der Waals surface area contributed by atoms with Crippen LogP contribution in [0, 0.1) is 6.92 Å². The van der Waals surface area contributed by atoms with Gasteiger partial charge in [0, 0.05) is 24.8 Å². The molecule has 2 aromatic rings. The second-order valence-corrected chi connectivity index (χ2v) is 4.57. The fourth-order valence-corrected chi connectivity index (χ4v) is 2.06. The zero-order chi connectivity index (χ0) is 14.5. The first-order valence-electron chi connectivity index (χ1n) is 6.61. The summed E-state index contributed by atoms with van der Waals surface area (Å²) in [7, 11) is 1.61. The van der Waals surface area contributed by atoms with E-state index in [2.05, 4.69) is 27.9 Å². The molecule has 0 saturated carbocycles. The van der Waals surface area contributed by atoms with Gasteiger partial charge in [0.15, 0.2) is 0 Å². The number of benzene rings is 1. The molecule has 1 aromatic carbocycles. The van der Waals surface area contributed by atoms with Crippen LogP contribution < -0.4 is 15.4 Å². The van der Waals surface area contributed by atoms with Crippen molar-refractivity contribution in [1.82, 2.24) is 9.97 Å². The molecule has 0 saturated heterocycles. The molecule has 0 radical (unpaired) electrons. The van der Waals surface area contributed by atoms with Crippen LogP contribution in [0.1, 0.15) is 18.3 Å². The molecule has 2 N–H and O–H groups in total. The summed E-state index contributed by atoms with van der Waals surface area (Å²) in [5, 5.41) is 0. The van der Waals surface area contributed by atoms with Crippen LogP contribution >= 0.6 is 0 Å². The van der Waals surface area contributed by atoms with Gasteiger partial charge in [-0.2, -0.15) is 4.98 Å². The first kappa shape index (κ1) is 14.1. The summed E-state index contributed by atoms with van der Waals surface area (Å²) >= 11 is 0. The van der Waals surface area contributed by atoms with Crippen molar-refractivity contribution in [2.24, 2.45) is 0 Å². The molecular formula is C15H20N4O. The van der Waals surface area contributed by atoms with Crippen LogP contribution in [0.25, 0.3) is 0 Å². The first-order valence-corrected chi connectivity index (χ1v) is 6.61. The molecule has 106 valence electrons. The van der Waals surface area contributed by atoms with E-state index in [1.165, 1.54) is 0 Å². The summed E-state index contributed by atoms with van der Waals surface area (Å²) in [5.41, 5.74) is 7.75. The third-order valence-corrected chi connectivity index (χ3v) is 3.04. The number of aryl methyl sites for hydroxylation is 1. The van der Waals surface area contributed by atoms with Gasteiger partial charge in [-0.05, 0) is 31.5 Å². The van der Waals surface area contributed by atoms with E-state index in [4.69, 9.17) is 10.5 Å². The van der Waals surface area contributed by atoms with Gasteiger partial charge >= 0.3 is 0 Å². The van der Waals surface area contributed by atoms with Crippen molar-refractivity contribution in [3.63, 3.8) is 0 Å². The number of hydrogen-bond donors (Lipinski definition) is 1. The minimum atomic E-state index is 0.582. The van der Waals surface area contributed by atoms with Gasteiger partial charge in [-0.25, -0.2) is 4.98 Å². The smallest absolute Gasteiger partial charge is 0.218 e. The molecule has 0 aliphatic carbocycles. The lowest BCUT2D eigenvalue weighted by Crippen LogP contribution is -2.23.